The molecule has 0 aromatic carbocycles. The van der Waals surface area contributed by atoms with Gasteiger partial charge in [-0.2, -0.15) is 0 Å². The summed E-state index contributed by atoms with van der Waals surface area (Å²) in [6.07, 6.45) is 0.935. The lowest BCUT2D eigenvalue weighted by Crippen LogP contribution is -1.99. The Labute approximate surface area is 53.9 Å². The van der Waals surface area contributed by atoms with Gasteiger partial charge in [0.25, 0.3) is 7.52 Å². The molecule has 0 aliphatic rings. The van der Waals surface area contributed by atoms with Crippen LogP contribution in [-0.2, 0) is 13.9 Å². The Bertz CT molecular complexity index is 130. The molecule has 0 aliphatic heterocycles. The molecule has 1 unspecified atom stereocenters. The fraction of sp³-hybridized carbons (Fsp3) is 0.750. The largest absolute Gasteiger partial charge is 0.317 e. The van der Waals surface area contributed by atoms with E-state index in [0.717, 1.165) is 0 Å². The summed E-state index contributed by atoms with van der Waals surface area (Å²) in [6.45, 7) is 1.45. The number of nitrogens with two attached hydrogens (primary N) is 1. The number of aldehydes is 1. The highest BCUT2D eigenvalue weighted by atomic mass is 31.2. The number of carbonyl (C=O) groups is 1. The average molecular weight is 151 g/mol. The Hall–Kier alpha value is -0.180. The van der Waals surface area contributed by atoms with E-state index in [0.29, 0.717) is 6.29 Å². The summed E-state index contributed by atoms with van der Waals surface area (Å²) < 4.78 is 15.1. The van der Waals surface area contributed by atoms with Crippen LogP contribution in [0.5, 0.6) is 0 Å². The number of hydrogen-bond acceptors (Lipinski definition) is 3. The van der Waals surface area contributed by atoms with Gasteiger partial charge in [0.1, 0.15) is 6.29 Å². The van der Waals surface area contributed by atoms with Crippen LogP contribution in [0.2, 0.25) is 0 Å². The lowest BCUT2D eigenvalue weighted by molar-refractivity contribution is -0.108. The van der Waals surface area contributed by atoms with Gasteiger partial charge in [0, 0.05) is 13.1 Å². The van der Waals surface area contributed by atoms with Crippen molar-refractivity contribution in [1.82, 2.24) is 0 Å². The topological polar surface area (TPSA) is 69.4 Å². The minimum Gasteiger partial charge on any atom is -0.317 e. The van der Waals surface area contributed by atoms with Gasteiger partial charge < -0.3 is 9.32 Å². The molecule has 2 N–H and O–H groups in total. The maximum atomic E-state index is 10.5. The van der Waals surface area contributed by atoms with Crippen molar-refractivity contribution in [2.45, 2.75) is 6.42 Å². The zero-order chi connectivity index (χ0) is 7.33. The molecule has 0 aromatic rings. The molecule has 0 aliphatic carbocycles. The van der Waals surface area contributed by atoms with Crippen LogP contribution in [0.4, 0.5) is 0 Å². The molecule has 5 heteroatoms. The Balaban J connectivity index is 3.28. The monoisotopic (exact) mass is 151 g/mol. The fourth-order valence-corrected chi connectivity index (χ4v) is 0.750. The first-order valence-corrected chi connectivity index (χ1v) is 4.64. The molecule has 0 rings (SSSR count). The molecular weight excluding hydrogens is 141 g/mol. The summed E-state index contributed by atoms with van der Waals surface area (Å²) in [4.78, 5) is 9.68. The lowest BCUT2D eigenvalue weighted by atomic mass is 10.5. The van der Waals surface area contributed by atoms with Crippen LogP contribution < -0.4 is 5.50 Å². The highest BCUT2D eigenvalue weighted by molar-refractivity contribution is 7.55. The second-order valence-corrected chi connectivity index (χ2v) is 3.77. The molecule has 0 bridgehead atoms. The highest BCUT2D eigenvalue weighted by Crippen LogP contribution is 2.31. The van der Waals surface area contributed by atoms with Crippen LogP contribution in [0.15, 0.2) is 0 Å². The number of rotatable bonds is 4. The van der Waals surface area contributed by atoms with Gasteiger partial charge >= 0.3 is 0 Å². The smallest absolute Gasteiger partial charge is 0.264 e. The molecule has 4 nitrogen and oxygen atoms in total. The van der Waals surface area contributed by atoms with Gasteiger partial charge in [-0.1, -0.05) is 0 Å². The Kier molecular flexibility index (Phi) is 3.70. The molecule has 0 saturated carbocycles. The van der Waals surface area contributed by atoms with Crippen molar-refractivity contribution in [2.24, 2.45) is 5.50 Å². The summed E-state index contributed by atoms with van der Waals surface area (Å²) in [5, 5.41) is 0. The Morgan fingerprint density at radius 3 is 2.67 bits per heavy atom. The molecule has 0 saturated heterocycles. The van der Waals surface area contributed by atoms with Crippen LogP contribution in [0.3, 0.4) is 0 Å². The predicted molar refractivity (Wildman–Crippen MR) is 34.4 cm³/mol. The molecule has 0 fully saturated rings. The molecule has 0 spiro atoms. The third kappa shape index (κ3) is 7.82. The van der Waals surface area contributed by atoms with Crippen LogP contribution in [0.1, 0.15) is 6.42 Å². The second-order valence-electron chi connectivity index (χ2n) is 1.70. The van der Waals surface area contributed by atoms with Crippen molar-refractivity contribution in [3.05, 3.63) is 0 Å². The molecule has 0 radical (unpaired) electrons. The Morgan fingerprint density at radius 1 is 1.78 bits per heavy atom. The van der Waals surface area contributed by atoms with Gasteiger partial charge in [-0.3, -0.25) is 10.1 Å². The second kappa shape index (κ2) is 3.77. The van der Waals surface area contributed by atoms with Gasteiger partial charge in [-0.25, -0.2) is 0 Å². The van der Waals surface area contributed by atoms with Crippen LogP contribution >= 0.6 is 7.52 Å². The van der Waals surface area contributed by atoms with E-state index < -0.39 is 7.52 Å². The van der Waals surface area contributed by atoms with E-state index in [1.807, 2.05) is 0 Å². The molecule has 54 valence electrons. The van der Waals surface area contributed by atoms with Gasteiger partial charge in [0.15, 0.2) is 0 Å². The molecular formula is C4H10NO3P. The van der Waals surface area contributed by atoms with Crippen LogP contribution in [-0.4, -0.2) is 19.6 Å². The highest BCUT2D eigenvalue weighted by Gasteiger charge is 2.05. The van der Waals surface area contributed by atoms with Gasteiger partial charge in [0.2, 0.25) is 0 Å². The van der Waals surface area contributed by atoms with Gasteiger partial charge in [-0.05, 0) is 0 Å². The minimum atomic E-state index is -2.85. The van der Waals surface area contributed by atoms with E-state index in [1.165, 1.54) is 6.66 Å². The van der Waals surface area contributed by atoms with E-state index in [1.54, 1.807) is 0 Å². The van der Waals surface area contributed by atoms with E-state index in [9.17, 15) is 9.36 Å². The molecule has 9 heavy (non-hydrogen) atoms. The number of carbonyl (C=O) groups excluding carboxylic acids is 1. The van der Waals surface area contributed by atoms with Crippen LogP contribution in [0, 0.1) is 0 Å². The lowest BCUT2D eigenvalue weighted by Gasteiger charge is -2.04. The normalized spacial score (nSPS) is 16.7. The summed E-state index contributed by atoms with van der Waals surface area (Å²) in [6, 6.07) is 0. The third-order valence-corrected chi connectivity index (χ3v) is 1.28. The first-order valence-electron chi connectivity index (χ1n) is 2.50. The van der Waals surface area contributed by atoms with E-state index in [4.69, 9.17) is 5.50 Å². The van der Waals surface area contributed by atoms with Crippen molar-refractivity contribution in [1.29, 1.82) is 0 Å². The van der Waals surface area contributed by atoms with Crippen LogP contribution in [0.25, 0.3) is 0 Å². The summed E-state index contributed by atoms with van der Waals surface area (Å²) in [5.74, 6) is 0. The summed E-state index contributed by atoms with van der Waals surface area (Å²) in [5.41, 5.74) is 4.99. The van der Waals surface area contributed by atoms with E-state index in [2.05, 4.69) is 4.52 Å². The first kappa shape index (κ1) is 8.82. The van der Waals surface area contributed by atoms with Crippen molar-refractivity contribution in [3.8, 4) is 0 Å². The van der Waals surface area contributed by atoms with Gasteiger partial charge in [0.05, 0.1) is 6.61 Å². The molecule has 0 heterocycles. The van der Waals surface area contributed by atoms with Crippen molar-refractivity contribution >= 4 is 13.8 Å². The predicted octanol–water partition coefficient (Wildman–Crippen LogP) is 0.374. The number of hydrogen-bond donors (Lipinski definition) is 1. The SMILES string of the molecule is CP(N)(=O)OCCC=O. The zero-order valence-electron chi connectivity index (χ0n) is 5.24. The Morgan fingerprint density at radius 2 is 2.33 bits per heavy atom. The maximum Gasteiger partial charge on any atom is 0.264 e. The third-order valence-electron chi connectivity index (χ3n) is 0.583. The maximum absolute atomic E-state index is 10.5. The first-order chi connectivity index (χ1) is 4.06. The van der Waals surface area contributed by atoms with Crippen molar-refractivity contribution in [3.63, 3.8) is 0 Å². The van der Waals surface area contributed by atoms with E-state index >= 15 is 0 Å². The molecule has 0 aromatic heterocycles. The standard InChI is InChI=1S/C4H10NO3P/c1-9(5,7)8-4-2-3-6/h3H,2,4H2,1H3,(H2,5,7). The van der Waals surface area contributed by atoms with Crippen molar-refractivity contribution in [2.75, 3.05) is 13.3 Å². The minimum absolute atomic E-state index is 0.147. The fourth-order valence-electron chi connectivity index (χ4n) is 0.282. The van der Waals surface area contributed by atoms with E-state index in [-0.39, 0.29) is 13.0 Å². The molecule has 0 amide bonds. The molecule has 1 atom stereocenters. The van der Waals surface area contributed by atoms with Crippen molar-refractivity contribution < 1.29 is 13.9 Å². The summed E-state index contributed by atoms with van der Waals surface area (Å²) >= 11 is 0. The zero-order valence-corrected chi connectivity index (χ0v) is 6.14. The van der Waals surface area contributed by atoms with Gasteiger partial charge in [-0.15, -0.1) is 0 Å². The quantitative estimate of drug-likeness (QED) is 0.358. The summed E-state index contributed by atoms with van der Waals surface area (Å²) in [7, 11) is -2.85. The average Bonchev–Trinajstić information content (AvgIpc) is 1.63.